The van der Waals surface area contributed by atoms with Crippen LogP contribution in [0.4, 0.5) is 5.69 Å². The number of carbonyl (C=O) groups is 1. The molecule has 3 aromatic rings. The molecule has 4 rings (SSSR count). The van der Waals surface area contributed by atoms with Gasteiger partial charge < -0.3 is 10.1 Å². The number of carbonyl (C=O) groups excluding carboxylic acids is 1. The normalized spacial score (nSPS) is 15.5. The van der Waals surface area contributed by atoms with E-state index >= 15 is 0 Å². The minimum atomic E-state index is -3.80. The summed E-state index contributed by atoms with van der Waals surface area (Å²) in [7, 11) is -3.80. The summed E-state index contributed by atoms with van der Waals surface area (Å²) in [6.07, 6.45) is 1.59. The molecule has 2 N–H and O–H groups in total. The van der Waals surface area contributed by atoms with Gasteiger partial charge in [-0.1, -0.05) is 59.6 Å². The zero-order valence-electron chi connectivity index (χ0n) is 18.9. The van der Waals surface area contributed by atoms with E-state index in [1.54, 1.807) is 12.1 Å². The summed E-state index contributed by atoms with van der Waals surface area (Å²) in [5, 5.41) is 3.27. The van der Waals surface area contributed by atoms with Crippen LogP contribution in [0.5, 0.6) is 0 Å². The number of ether oxygens (including phenoxy) is 1. The van der Waals surface area contributed by atoms with E-state index in [-0.39, 0.29) is 32.5 Å². The van der Waals surface area contributed by atoms with E-state index in [2.05, 4.69) is 22.2 Å². The molecule has 1 heterocycles. The van der Waals surface area contributed by atoms with Crippen LogP contribution in [0, 0.1) is 6.92 Å². The lowest BCUT2D eigenvalue weighted by molar-refractivity contribution is 0.0487. The molecule has 0 spiro atoms. The lowest BCUT2D eigenvalue weighted by Gasteiger charge is -2.38. The number of rotatable bonds is 7. The minimum absolute atomic E-state index is 0.142. The molecule has 3 aromatic carbocycles. The number of sulfonamides is 1. The van der Waals surface area contributed by atoms with Crippen molar-refractivity contribution in [2.24, 2.45) is 0 Å². The number of amides is 1. The van der Waals surface area contributed by atoms with Crippen LogP contribution in [0.2, 0.25) is 5.02 Å². The Morgan fingerprint density at radius 1 is 1.00 bits per heavy atom. The average Bonchev–Trinajstić information content (AvgIpc) is 2.85. The molecule has 0 aliphatic carbocycles. The van der Waals surface area contributed by atoms with Crippen molar-refractivity contribution in [2.75, 3.05) is 24.5 Å². The van der Waals surface area contributed by atoms with Crippen LogP contribution in [-0.2, 0) is 20.2 Å². The number of nitrogens with one attached hydrogen (secondary N) is 2. The molecule has 0 bridgehead atoms. The highest BCUT2D eigenvalue weighted by atomic mass is 35.5. The van der Waals surface area contributed by atoms with Gasteiger partial charge in [-0.05, 0) is 55.7 Å². The van der Waals surface area contributed by atoms with E-state index in [1.807, 2.05) is 25.1 Å². The summed E-state index contributed by atoms with van der Waals surface area (Å²) in [6, 6.07) is 21.2. The molecule has 0 saturated carbocycles. The van der Waals surface area contributed by atoms with Gasteiger partial charge in [-0.15, -0.1) is 0 Å². The number of aryl methyl sites for hydroxylation is 1. The lowest BCUT2D eigenvalue weighted by atomic mass is 9.74. The Kier molecular flexibility index (Phi) is 7.26. The van der Waals surface area contributed by atoms with Crippen molar-refractivity contribution >= 4 is 33.2 Å². The first kappa shape index (κ1) is 24.3. The monoisotopic (exact) mass is 498 g/mol. The Hall–Kier alpha value is -2.87. The number of hydrogen-bond donors (Lipinski definition) is 2. The molecular weight excluding hydrogens is 472 g/mol. The number of halogens is 1. The van der Waals surface area contributed by atoms with E-state index in [1.165, 1.54) is 30.3 Å². The highest BCUT2D eigenvalue weighted by molar-refractivity contribution is 7.92. The molecule has 8 heteroatoms. The topological polar surface area (TPSA) is 84.5 Å². The van der Waals surface area contributed by atoms with Crippen LogP contribution in [0.15, 0.2) is 77.7 Å². The summed E-state index contributed by atoms with van der Waals surface area (Å²) in [4.78, 5) is 13.2. The van der Waals surface area contributed by atoms with Crippen LogP contribution in [-0.4, -0.2) is 34.1 Å². The van der Waals surface area contributed by atoms with Crippen molar-refractivity contribution in [3.05, 3.63) is 94.5 Å². The molecule has 1 aliphatic heterocycles. The van der Waals surface area contributed by atoms with Gasteiger partial charge in [0.15, 0.2) is 0 Å². The third-order valence-corrected chi connectivity index (χ3v) is 7.94. The third kappa shape index (κ3) is 5.43. The first-order valence-corrected chi connectivity index (χ1v) is 13.0. The molecule has 0 unspecified atom stereocenters. The molecule has 1 saturated heterocycles. The van der Waals surface area contributed by atoms with Gasteiger partial charge >= 0.3 is 0 Å². The van der Waals surface area contributed by atoms with Gasteiger partial charge in [-0.2, -0.15) is 0 Å². The van der Waals surface area contributed by atoms with Crippen LogP contribution in [0.3, 0.4) is 0 Å². The molecule has 0 radical (unpaired) electrons. The fourth-order valence-electron chi connectivity index (χ4n) is 4.16. The maximum Gasteiger partial charge on any atom is 0.261 e. The minimum Gasteiger partial charge on any atom is -0.381 e. The first-order chi connectivity index (χ1) is 16.3. The number of hydrogen-bond acceptors (Lipinski definition) is 4. The molecule has 178 valence electrons. The quantitative estimate of drug-likeness (QED) is 0.484. The highest BCUT2D eigenvalue weighted by Gasteiger charge is 2.35. The van der Waals surface area contributed by atoms with Gasteiger partial charge in [0.1, 0.15) is 0 Å². The Bertz CT molecular complexity index is 1260. The van der Waals surface area contributed by atoms with Crippen molar-refractivity contribution < 1.29 is 17.9 Å². The van der Waals surface area contributed by atoms with Crippen LogP contribution < -0.4 is 10.0 Å². The highest BCUT2D eigenvalue weighted by Crippen LogP contribution is 2.34. The molecule has 0 atom stereocenters. The summed E-state index contributed by atoms with van der Waals surface area (Å²) in [5.74, 6) is -0.358. The van der Waals surface area contributed by atoms with Gasteiger partial charge in [-0.3, -0.25) is 9.52 Å². The Labute approximate surface area is 205 Å². The van der Waals surface area contributed by atoms with E-state index < -0.39 is 10.0 Å². The molecule has 34 heavy (non-hydrogen) atoms. The van der Waals surface area contributed by atoms with Gasteiger partial charge in [0.2, 0.25) is 0 Å². The summed E-state index contributed by atoms with van der Waals surface area (Å²) in [5.41, 5.74) is 2.36. The van der Waals surface area contributed by atoms with Crippen molar-refractivity contribution in [3.63, 3.8) is 0 Å². The van der Waals surface area contributed by atoms with E-state index in [0.29, 0.717) is 19.8 Å². The maximum atomic E-state index is 13.1. The maximum absolute atomic E-state index is 13.1. The molecule has 1 fully saturated rings. The molecule has 6 nitrogen and oxygen atoms in total. The second-order valence-corrected chi connectivity index (χ2v) is 10.6. The number of anilines is 1. The van der Waals surface area contributed by atoms with E-state index in [9.17, 15) is 13.2 Å². The van der Waals surface area contributed by atoms with E-state index in [4.69, 9.17) is 16.3 Å². The van der Waals surface area contributed by atoms with E-state index in [0.717, 1.165) is 24.0 Å². The predicted molar refractivity (Wildman–Crippen MR) is 134 cm³/mol. The smallest absolute Gasteiger partial charge is 0.261 e. The number of benzene rings is 3. The second-order valence-electron chi connectivity index (χ2n) is 8.55. The average molecular weight is 499 g/mol. The van der Waals surface area contributed by atoms with Crippen LogP contribution in [0.1, 0.15) is 34.3 Å². The third-order valence-electron chi connectivity index (χ3n) is 6.22. The summed E-state index contributed by atoms with van der Waals surface area (Å²) < 4.78 is 33.6. The Morgan fingerprint density at radius 3 is 2.35 bits per heavy atom. The molecule has 1 aliphatic rings. The van der Waals surface area contributed by atoms with Crippen LogP contribution >= 0.6 is 11.6 Å². The zero-order chi connectivity index (χ0) is 24.2. The van der Waals surface area contributed by atoms with Crippen LogP contribution in [0.25, 0.3) is 0 Å². The summed E-state index contributed by atoms with van der Waals surface area (Å²) >= 11 is 6.31. The zero-order valence-corrected chi connectivity index (χ0v) is 20.5. The van der Waals surface area contributed by atoms with Gasteiger partial charge in [0.25, 0.3) is 15.9 Å². The van der Waals surface area contributed by atoms with Gasteiger partial charge in [0.05, 0.1) is 15.5 Å². The van der Waals surface area contributed by atoms with Crippen molar-refractivity contribution in [1.82, 2.24) is 5.32 Å². The molecular formula is C26H27ClN2O4S. The largest absolute Gasteiger partial charge is 0.381 e. The fraction of sp³-hybridized carbons (Fsp3) is 0.269. The Balaban J connectivity index is 1.52. The fourth-order valence-corrected chi connectivity index (χ4v) is 5.41. The van der Waals surface area contributed by atoms with Crippen molar-refractivity contribution in [3.8, 4) is 0 Å². The lowest BCUT2D eigenvalue weighted by Crippen LogP contribution is -2.44. The van der Waals surface area contributed by atoms with Crippen molar-refractivity contribution in [1.29, 1.82) is 0 Å². The summed E-state index contributed by atoms with van der Waals surface area (Å²) in [6.45, 7) is 3.56. The SMILES string of the molecule is Cc1ccc(S(=O)(=O)Nc2ccc(Cl)c(C(=O)NCC3(c4ccccc4)CCOCC3)c2)cc1. The standard InChI is InChI=1S/C26H27ClN2O4S/c1-19-7-10-22(11-8-19)34(31,32)29-21-9-12-24(27)23(17-21)25(30)28-18-26(13-15-33-16-14-26)20-5-3-2-4-6-20/h2-12,17,29H,13-16,18H2,1H3,(H,28,30). The first-order valence-electron chi connectivity index (χ1n) is 11.1. The van der Waals surface area contributed by atoms with Gasteiger partial charge in [-0.25, -0.2) is 8.42 Å². The molecule has 0 aromatic heterocycles. The predicted octanol–water partition coefficient (Wildman–Crippen LogP) is 4.93. The van der Waals surface area contributed by atoms with Gasteiger partial charge in [0, 0.05) is 30.9 Å². The van der Waals surface area contributed by atoms with Crippen molar-refractivity contribution in [2.45, 2.75) is 30.1 Å². The Morgan fingerprint density at radius 2 is 1.68 bits per heavy atom. The second kappa shape index (κ2) is 10.2. The molecule has 1 amide bonds.